The summed E-state index contributed by atoms with van der Waals surface area (Å²) in [6.07, 6.45) is -0.891. The van der Waals surface area contributed by atoms with Crippen LogP contribution in [0.1, 0.15) is 0 Å². The van der Waals surface area contributed by atoms with E-state index in [0.717, 1.165) is 6.66 Å². The summed E-state index contributed by atoms with van der Waals surface area (Å²) in [5.74, 6) is 0. The molecule has 0 spiro atoms. The molecule has 0 saturated carbocycles. The number of carbonyl (C=O) groups is 1. The summed E-state index contributed by atoms with van der Waals surface area (Å²) in [5.41, 5.74) is 0. The molecule has 7 heteroatoms. The molecule has 1 aliphatic heterocycles. The Hall–Kier alpha value is -0.420. The molecular weight excluding hydrogens is 173 g/mol. The van der Waals surface area contributed by atoms with Gasteiger partial charge in [-0.15, -0.1) is 0 Å². The van der Waals surface area contributed by atoms with Crippen LogP contribution in [0.3, 0.4) is 0 Å². The topological polar surface area (TPSA) is 90.2 Å². The number of amides is 1. The van der Waals surface area contributed by atoms with Crippen molar-refractivity contribution in [1.82, 2.24) is 4.67 Å². The van der Waals surface area contributed by atoms with Gasteiger partial charge in [0.25, 0.3) is 0 Å². The standard InChI is InChI=1S/C4H10NO5P/c1-11(7,8,9)5-2-3-10-4(5)6/h7-9H,2-3H2,1H3. The van der Waals surface area contributed by atoms with Gasteiger partial charge in [-0.2, -0.15) is 0 Å². The summed E-state index contributed by atoms with van der Waals surface area (Å²) < 4.78 is 4.94. The van der Waals surface area contributed by atoms with E-state index < -0.39 is 13.5 Å². The minimum absolute atomic E-state index is 0.0106. The Bertz CT molecular complexity index is 187. The van der Waals surface area contributed by atoms with Gasteiger partial charge in [0, 0.05) is 0 Å². The second-order valence-electron chi connectivity index (χ2n) is 2.57. The van der Waals surface area contributed by atoms with Crippen LogP contribution in [-0.2, 0) is 4.74 Å². The number of cyclic esters (lactones) is 1. The van der Waals surface area contributed by atoms with Crippen LogP contribution in [0.4, 0.5) is 4.79 Å². The van der Waals surface area contributed by atoms with E-state index in [1.54, 1.807) is 0 Å². The van der Waals surface area contributed by atoms with E-state index in [4.69, 9.17) is 14.7 Å². The van der Waals surface area contributed by atoms with E-state index in [0.29, 0.717) is 4.67 Å². The summed E-state index contributed by atoms with van der Waals surface area (Å²) in [6, 6.07) is 0. The van der Waals surface area contributed by atoms with E-state index >= 15 is 0 Å². The average Bonchev–Trinajstić information content (AvgIpc) is 2.08. The number of carbonyl (C=O) groups excluding carboxylic acids is 1. The van der Waals surface area contributed by atoms with Crippen LogP contribution in [0.2, 0.25) is 0 Å². The van der Waals surface area contributed by atoms with Crippen molar-refractivity contribution in [3.8, 4) is 0 Å². The van der Waals surface area contributed by atoms with Crippen LogP contribution in [0.25, 0.3) is 0 Å². The first-order valence-corrected chi connectivity index (χ1v) is 5.48. The zero-order valence-electron chi connectivity index (χ0n) is 5.97. The molecule has 1 aliphatic rings. The first-order chi connectivity index (χ1) is 4.77. The molecule has 1 heterocycles. The minimum atomic E-state index is -4.89. The van der Waals surface area contributed by atoms with Crippen molar-refractivity contribution >= 4 is 13.5 Å². The Balaban J connectivity index is 2.83. The zero-order valence-corrected chi connectivity index (χ0v) is 6.86. The van der Waals surface area contributed by atoms with E-state index in [1.807, 2.05) is 0 Å². The van der Waals surface area contributed by atoms with Gasteiger partial charge in [-0.05, 0) is 0 Å². The molecule has 3 N–H and O–H groups in total. The quantitative estimate of drug-likeness (QED) is 0.466. The van der Waals surface area contributed by atoms with E-state index in [1.165, 1.54) is 0 Å². The number of hydrogen-bond acceptors (Lipinski definition) is 5. The van der Waals surface area contributed by atoms with Gasteiger partial charge in [-0.25, -0.2) is 0 Å². The Morgan fingerprint density at radius 2 is 2.09 bits per heavy atom. The van der Waals surface area contributed by atoms with Crippen molar-refractivity contribution in [3.05, 3.63) is 0 Å². The van der Waals surface area contributed by atoms with Crippen LogP contribution < -0.4 is 0 Å². The molecule has 1 rings (SSSR count). The molecule has 0 aromatic carbocycles. The fourth-order valence-corrected chi connectivity index (χ4v) is 1.80. The molecule has 0 radical (unpaired) electrons. The number of hydrogen-bond donors (Lipinski definition) is 3. The van der Waals surface area contributed by atoms with Gasteiger partial charge < -0.3 is 0 Å². The van der Waals surface area contributed by atoms with Crippen LogP contribution in [0, 0.1) is 0 Å². The van der Waals surface area contributed by atoms with Crippen molar-refractivity contribution < 1.29 is 24.2 Å². The molecule has 1 fully saturated rings. The average molecular weight is 183 g/mol. The van der Waals surface area contributed by atoms with Crippen molar-refractivity contribution in [3.63, 3.8) is 0 Å². The Morgan fingerprint density at radius 1 is 1.55 bits per heavy atom. The molecule has 1 saturated heterocycles. The van der Waals surface area contributed by atoms with Gasteiger partial charge in [0.15, 0.2) is 0 Å². The molecule has 6 nitrogen and oxygen atoms in total. The Kier molecular flexibility index (Phi) is 1.61. The Morgan fingerprint density at radius 3 is 2.27 bits per heavy atom. The molecule has 1 amide bonds. The van der Waals surface area contributed by atoms with Crippen LogP contribution in [0.5, 0.6) is 0 Å². The maximum atomic E-state index is 10.7. The van der Waals surface area contributed by atoms with Crippen LogP contribution >= 0.6 is 7.43 Å². The summed E-state index contributed by atoms with van der Waals surface area (Å²) in [5, 5.41) is 0. The Labute approximate surface area is 63.2 Å². The SMILES string of the molecule is CP(O)(O)(O)N1CCOC1=O. The second-order valence-corrected chi connectivity index (χ2v) is 5.73. The predicted molar refractivity (Wildman–Crippen MR) is 37.6 cm³/mol. The summed E-state index contributed by atoms with van der Waals surface area (Å²) in [7, 11) is -4.89. The molecule has 0 aromatic rings. The molecule has 0 unspecified atom stereocenters. The molecule has 0 aliphatic carbocycles. The van der Waals surface area contributed by atoms with Gasteiger partial charge in [-0.1, -0.05) is 0 Å². The van der Waals surface area contributed by atoms with Gasteiger partial charge in [0.2, 0.25) is 0 Å². The third-order valence-corrected chi connectivity index (χ3v) is 2.80. The first kappa shape index (κ1) is 8.67. The molecule has 11 heavy (non-hydrogen) atoms. The van der Waals surface area contributed by atoms with Gasteiger partial charge >= 0.3 is 62.2 Å². The molecule has 0 atom stereocenters. The molecule has 0 aromatic heterocycles. The third-order valence-electron chi connectivity index (χ3n) is 1.30. The normalized spacial score (nSPS) is 22.7. The van der Waals surface area contributed by atoms with Crippen molar-refractivity contribution in [2.75, 3.05) is 19.8 Å². The zero-order chi connectivity index (χ0) is 8.72. The summed E-state index contributed by atoms with van der Waals surface area (Å²) >= 11 is 0. The van der Waals surface area contributed by atoms with E-state index in [9.17, 15) is 4.79 Å². The summed E-state index contributed by atoms with van der Waals surface area (Å²) in [6.45, 7) is 0.904. The first-order valence-electron chi connectivity index (χ1n) is 2.98. The third kappa shape index (κ3) is 1.78. The van der Waals surface area contributed by atoms with E-state index in [-0.39, 0.29) is 13.2 Å². The van der Waals surface area contributed by atoms with Crippen molar-refractivity contribution in [2.24, 2.45) is 0 Å². The predicted octanol–water partition coefficient (Wildman–Crippen LogP) is -0.741. The molecular formula is C4H10NO5P. The fraction of sp³-hybridized carbons (Fsp3) is 0.750. The fourth-order valence-electron chi connectivity index (χ4n) is 0.811. The van der Waals surface area contributed by atoms with Crippen molar-refractivity contribution in [2.45, 2.75) is 0 Å². The molecule has 0 bridgehead atoms. The van der Waals surface area contributed by atoms with Crippen LogP contribution in [0.15, 0.2) is 0 Å². The number of nitrogens with zero attached hydrogens (tertiary/aromatic N) is 1. The number of ether oxygens (including phenoxy) is 1. The molecule has 66 valence electrons. The van der Waals surface area contributed by atoms with Crippen LogP contribution in [-0.4, -0.2) is 45.3 Å². The number of rotatable bonds is 1. The van der Waals surface area contributed by atoms with E-state index in [2.05, 4.69) is 4.74 Å². The second kappa shape index (κ2) is 2.04. The van der Waals surface area contributed by atoms with Gasteiger partial charge in [-0.3, -0.25) is 0 Å². The van der Waals surface area contributed by atoms with Crippen molar-refractivity contribution in [1.29, 1.82) is 0 Å². The van der Waals surface area contributed by atoms with Gasteiger partial charge in [0.1, 0.15) is 0 Å². The maximum absolute atomic E-state index is 10.7. The summed E-state index contributed by atoms with van der Waals surface area (Å²) in [4.78, 5) is 37.7. The van der Waals surface area contributed by atoms with Gasteiger partial charge in [0.05, 0.1) is 0 Å². The monoisotopic (exact) mass is 183 g/mol.